The molecule has 0 aromatic carbocycles. The van der Waals surface area contributed by atoms with E-state index in [-0.39, 0.29) is 5.25 Å². The number of nitrogens with one attached hydrogen (secondary N) is 1. The molecular formula is C11H18ClN3O2S. The Bertz CT molecular complexity index is 417. The van der Waals surface area contributed by atoms with Gasteiger partial charge in [0.2, 0.25) is 0 Å². The molecule has 1 N–H and O–H groups in total. The molecule has 0 amide bonds. The Kier molecular flexibility index (Phi) is 6.52. The predicted octanol–water partition coefficient (Wildman–Crippen LogP) is 1.85. The minimum atomic E-state index is -0.799. The number of hydrogen-bond acceptors (Lipinski definition) is 5. The van der Waals surface area contributed by atoms with Gasteiger partial charge in [-0.25, -0.2) is 9.97 Å². The first-order valence-electron chi connectivity index (χ1n) is 5.61. The lowest BCUT2D eigenvalue weighted by atomic mass is 10.3. The summed E-state index contributed by atoms with van der Waals surface area (Å²) in [4.78, 5) is 8.29. The summed E-state index contributed by atoms with van der Waals surface area (Å²) >= 11 is 5.88. The van der Waals surface area contributed by atoms with Crippen molar-refractivity contribution in [3.8, 4) is 0 Å². The highest BCUT2D eigenvalue weighted by Gasteiger charge is 2.07. The number of anilines is 1. The van der Waals surface area contributed by atoms with Gasteiger partial charge in [-0.1, -0.05) is 18.5 Å². The molecule has 5 nitrogen and oxygen atoms in total. The van der Waals surface area contributed by atoms with Crippen molar-refractivity contribution < 1.29 is 8.95 Å². The maximum absolute atomic E-state index is 11.2. The molecule has 2 atom stereocenters. The zero-order chi connectivity index (χ0) is 13.5. The van der Waals surface area contributed by atoms with Gasteiger partial charge in [0.05, 0.1) is 0 Å². The van der Waals surface area contributed by atoms with Crippen molar-refractivity contribution in [1.82, 2.24) is 9.97 Å². The average Bonchev–Trinajstić information content (AvgIpc) is 2.28. The number of methoxy groups -OCH3 is 1. The van der Waals surface area contributed by atoms with E-state index in [2.05, 4.69) is 15.3 Å². The molecule has 1 rings (SSSR count). The molecule has 18 heavy (non-hydrogen) atoms. The van der Waals surface area contributed by atoms with Gasteiger partial charge in [-0.15, -0.1) is 0 Å². The van der Waals surface area contributed by atoms with Crippen LogP contribution in [-0.2, 0) is 22.1 Å². The highest BCUT2D eigenvalue weighted by Crippen LogP contribution is 2.12. The van der Waals surface area contributed by atoms with E-state index in [4.69, 9.17) is 16.3 Å². The molecule has 1 aromatic heterocycles. The van der Waals surface area contributed by atoms with Gasteiger partial charge in [-0.3, -0.25) is 4.21 Å². The molecule has 0 bridgehead atoms. The third-order valence-electron chi connectivity index (χ3n) is 2.44. The molecule has 0 fully saturated rings. The summed E-state index contributed by atoms with van der Waals surface area (Å²) < 4.78 is 16.2. The Morgan fingerprint density at radius 2 is 2.28 bits per heavy atom. The smallest absolute Gasteiger partial charge is 0.158 e. The molecule has 0 saturated heterocycles. The lowest BCUT2D eigenvalue weighted by Gasteiger charge is -2.10. The van der Waals surface area contributed by atoms with E-state index >= 15 is 0 Å². The zero-order valence-corrected chi connectivity index (χ0v) is 12.3. The summed E-state index contributed by atoms with van der Waals surface area (Å²) in [5, 5.41) is 3.69. The lowest BCUT2D eigenvalue weighted by molar-refractivity contribution is 0.178. The first-order valence-corrected chi connectivity index (χ1v) is 7.61. The van der Waals surface area contributed by atoms with Gasteiger partial charge in [-0.05, 0) is 6.42 Å². The Balaban J connectivity index is 2.53. The van der Waals surface area contributed by atoms with Crippen LogP contribution >= 0.6 is 11.6 Å². The monoisotopic (exact) mass is 291 g/mol. The zero-order valence-electron chi connectivity index (χ0n) is 10.8. The van der Waals surface area contributed by atoms with Crippen LogP contribution in [-0.4, -0.2) is 39.3 Å². The van der Waals surface area contributed by atoms with Gasteiger partial charge in [0.1, 0.15) is 17.6 Å². The highest BCUT2D eigenvalue weighted by atomic mass is 35.5. The summed E-state index contributed by atoms with van der Waals surface area (Å²) in [6.07, 6.45) is 2.52. The van der Waals surface area contributed by atoms with Gasteiger partial charge in [0.15, 0.2) is 5.82 Å². The van der Waals surface area contributed by atoms with Crippen LogP contribution in [0.3, 0.4) is 0 Å². The average molecular weight is 292 g/mol. The number of aromatic nitrogens is 2. The van der Waals surface area contributed by atoms with Crippen molar-refractivity contribution in [3.05, 3.63) is 17.0 Å². The van der Waals surface area contributed by atoms with Gasteiger partial charge < -0.3 is 10.1 Å². The Morgan fingerprint density at radius 1 is 1.56 bits per heavy atom. The SMILES string of the molecule is COCc1nc(Cl)cc(NCCC(C)S(C)=O)n1. The molecule has 0 aliphatic rings. The van der Waals surface area contributed by atoms with Gasteiger partial charge in [-0.2, -0.15) is 0 Å². The van der Waals surface area contributed by atoms with Crippen LogP contribution in [0.4, 0.5) is 5.82 Å². The predicted molar refractivity (Wildman–Crippen MR) is 74.4 cm³/mol. The summed E-state index contributed by atoms with van der Waals surface area (Å²) in [5.41, 5.74) is 0. The molecule has 0 saturated carbocycles. The minimum Gasteiger partial charge on any atom is -0.377 e. The third-order valence-corrected chi connectivity index (χ3v) is 4.00. The Hall–Kier alpha value is -0.720. The Labute approximate surface area is 115 Å². The molecule has 2 unspecified atom stereocenters. The van der Waals surface area contributed by atoms with Crippen LogP contribution in [0.1, 0.15) is 19.2 Å². The summed E-state index contributed by atoms with van der Waals surface area (Å²) in [5.74, 6) is 1.20. The number of hydrogen-bond donors (Lipinski definition) is 1. The van der Waals surface area contributed by atoms with Crippen LogP contribution in [0.5, 0.6) is 0 Å². The van der Waals surface area contributed by atoms with E-state index < -0.39 is 10.8 Å². The van der Waals surface area contributed by atoms with Crippen LogP contribution in [0.2, 0.25) is 5.15 Å². The van der Waals surface area contributed by atoms with Crippen LogP contribution in [0, 0.1) is 0 Å². The second kappa shape index (κ2) is 7.66. The first-order chi connectivity index (χ1) is 8.52. The fourth-order valence-corrected chi connectivity index (χ4v) is 1.97. The van der Waals surface area contributed by atoms with E-state index in [1.165, 1.54) is 0 Å². The number of ether oxygens (including phenoxy) is 1. The van der Waals surface area contributed by atoms with Crippen molar-refractivity contribution >= 4 is 28.2 Å². The normalized spacial score (nSPS) is 14.2. The van der Waals surface area contributed by atoms with E-state index in [0.29, 0.717) is 29.9 Å². The van der Waals surface area contributed by atoms with Gasteiger partial charge in [0.25, 0.3) is 0 Å². The minimum absolute atomic E-state index is 0.160. The number of rotatable bonds is 7. The maximum Gasteiger partial charge on any atom is 0.158 e. The fraction of sp³-hybridized carbons (Fsp3) is 0.636. The molecule has 0 aliphatic heterocycles. The summed E-state index contributed by atoms with van der Waals surface area (Å²) in [6.45, 7) is 2.98. The number of nitrogens with zero attached hydrogens (tertiary/aromatic N) is 2. The molecule has 0 radical (unpaired) electrons. The second-order valence-electron chi connectivity index (χ2n) is 3.95. The summed E-state index contributed by atoms with van der Waals surface area (Å²) in [7, 11) is 0.780. The number of halogens is 1. The fourth-order valence-electron chi connectivity index (χ4n) is 1.32. The molecular weight excluding hydrogens is 274 g/mol. The van der Waals surface area contributed by atoms with Crippen molar-refractivity contribution in [3.63, 3.8) is 0 Å². The van der Waals surface area contributed by atoms with Crippen molar-refractivity contribution in [2.75, 3.05) is 25.2 Å². The standard InChI is InChI=1S/C11H18ClN3O2S/c1-8(18(3)16)4-5-13-10-6-9(12)14-11(15-10)7-17-2/h6,8H,4-5,7H2,1-3H3,(H,13,14,15). The van der Waals surface area contributed by atoms with Crippen molar-refractivity contribution in [1.29, 1.82) is 0 Å². The van der Waals surface area contributed by atoms with E-state index in [9.17, 15) is 4.21 Å². The molecule has 0 spiro atoms. The second-order valence-corrected chi connectivity index (χ2v) is 6.14. The molecule has 7 heteroatoms. The first kappa shape index (κ1) is 15.3. The molecule has 1 aromatic rings. The Morgan fingerprint density at radius 3 is 2.89 bits per heavy atom. The maximum atomic E-state index is 11.2. The van der Waals surface area contributed by atoms with E-state index in [1.54, 1.807) is 19.4 Å². The summed E-state index contributed by atoms with van der Waals surface area (Å²) in [6, 6.07) is 1.66. The van der Waals surface area contributed by atoms with E-state index in [1.807, 2.05) is 6.92 Å². The van der Waals surface area contributed by atoms with Crippen molar-refractivity contribution in [2.24, 2.45) is 0 Å². The van der Waals surface area contributed by atoms with Crippen LogP contribution < -0.4 is 5.32 Å². The highest BCUT2D eigenvalue weighted by molar-refractivity contribution is 7.84. The van der Waals surface area contributed by atoms with Crippen LogP contribution in [0.15, 0.2) is 6.07 Å². The van der Waals surface area contributed by atoms with Crippen molar-refractivity contribution in [2.45, 2.75) is 25.2 Å². The molecule has 1 heterocycles. The third kappa shape index (κ3) is 5.29. The quantitative estimate of drug-likeness (QED) is 0.777. The largest absolute Gasteiger partial charge is 0.377 e. The van der Waals surface area contributed by atoms with Crippen LogP contribution in [0.25, 0.3) is 0 Å². The molecule has 0 aliphatic carbocycles. The molecule has 102 valence electrons. The van der Waals surface area contributed by atoms with Gasteiger partial charge >= 0.3 is 0 Å². The van der Waals surface area contributed by atoms with E-state index in [0.717, 1.165) is 6.42 Å². The topological polar surface area (TPSA) is 64.1 Å². The van der Waals surface area contributed by atoms with Gasteiger partial charge in [0, 0.05) is 42.0 Å². The lowest BCUT2D eigenvalue weighted by Crippen LogP contribution is -2.15.